The predicted octanol–water partition coefficient (Wildman–Crippen LogP) is 0.928. The first kappa shape index (κ1) is 11.1. The van der Waals surface area contributed by atoms with Crippen LogP contribution in [0.25, 0.3) is 0 Å². The molecule has 1 aromatic rings. The summed E-state index contributed by atoms with van der Waals surface area (Å²) in [6.45, 7) is 1.30. The number of likely N-dealkylation sites (tertiary alicyclic amines) is 1. The van der Waals surface area contributed by atoms with Crippen LogP contribution in [0.2, 0.25) is 0 Å². The lowest BCUT2D eigenvalue weighted by Crippen LogP contribution is -2.30. The summed E-state index contributed by atoms with van der Waals surface area (Å²) >= 11 is 0. The zero-order chi connectivity index (χ0) is 11.5. The number of amides is 1. The van der Waals surface area contributed by atoms with Crippen LogP contribution in [-0.4, -0.2) is 29.9 Å². The molecule has 0 aromatic heterocycles. The second-order valence-electron chi connectivity index (χ2n) is 4.18. The van der Waals surface area contributed by atoms with E-state index in [1.54, 1.807) is 17.0 Å². The van der Waals surface area contributed by atoms with Gasteiger partial charge in [-0.1, -0.05) is 12.1 Å². The van der Waals surface area contributed by atoms with Gasteiger partial charge in [-0.15, -0.1) is 0 Å². The lowest BCUT2D eigenvalue weighted by Gasteiger charge is -2.15. The Labute approximate surface area is 94.0 Å². The molecule has 1 fully saturated rings. The predicted molar refractivity (Wildman–Crippen MR) is 59.3 cm³/mol. The third kappa shape index (κ3) is 2.58. The molecule has 1 atom stereocenters. The monoisotopic (exact) mass is 222 g/mol. The average molecular weight is 222 g/mol. The van der Waals surface area contributed by atoms with Crippen molar-refractivity contribution in [3.63, 3.8) is 0 Å². The number of benzene rings is 1. The summed E-state index contributed by atoms with van der Waals surface area (Å²) in [5, 5.41) is 0. The third-order valence-electron chi connectivity index (χ3n) is 2.83. The Morgan fingerprint density at radius 3 is 2.62 bits per heavy atom. The number of hydrogen-bond donors (Lipinski definition) is 1. The molecule has 0 radical (unpaired) electrons. The minimum absolute atomic E-state index is 0.0271. The lowest BCUT2D eigenvalue weighted by atomic mass is 10.1. The Morgan fingerprint density at radius 1 is 1.38 bits per heavy atom. The fourth-order valence-electron chi connectivity index (χ4n) is 1.93. The van der Waals surface area contributed by atoms with Gasteiger partial charge in [0.25, 0.3) is 0 Å². The lowest BCUT2D eigenvalue weighted by molar-refractivity contribution is -0.127. The summed E-state index contributed by atoms with van der Waals surface area (Å²) in [5.41, 5.74) is 6.73. The van der Waals surface area contributed by atoms with Crippen molar-refractivity contribution < 1.29 is 9.18 Å². The number of carbonyl (C=O) groups excluding carboxylic acids is 1. The van der Waals surface area contributed by atoms with Gasteiger partial charge in [0.15, 0.2) is 0 Å². The molecule has 0 bridgehead atoms. The fraction of sp³-hybridized carbons (Fsp3) is 0.417. The molecule has 86 valence electrons. The smallest absolute Gasteiger partial charge is 0.224 e. The summed E-state index contributed by atoms with van der Waals surface area (Å²) in [6.07, 6.45) is 1.20. The van der Waals surface area contributed by atoms with Crippen molar-refractivity contribution in [2.75, 3.05) is 13.1 Å². The molecule has 0 saturated carbocycles. The number of nitrogens with zero attached hydrogens (tertiary/aromatic N) is 1. The Hall–Kier alpha value is -1.42. The van der Waals surface area contributed by atoms with Crippen LogP contribution in [0.3, 0.4) is 0 Å². The first-order chi connectivity index (χ1) is 7.65. The van der Waals surface area contributed by atoms with E-state index in [0.29, 0.717) is 19.5 Å². The highest BCUT2D eigenvalue weighted by Gasteiger charge is 2.26. The Balaban J connectivity index is 1.88. The molecular formula is C12H15FN2O. The van der Waals surface area contributed by atoms with Crippen LogP contribution in [0.5, 0.6) is 0 Å². The largest absolute Gasteiger partial charge is 0.341 e. The quantitative estimate of drug-likeness (QED) is 0.827. The molecule has 1 unspecified atom stereocenters. The maximum Gasteiger partial charge on any atom is 0.224 e. The van der Waals surface area contributed by atoms with Crippen molar-refractivity contribution in [1.82, 2.24) is 4.90 Å². The van der Waals surface area contributed by atoms with E-state index in [-0.39, 0.29) is 17.8 Å². The maximum atomic E-state index is 12.7. The maximum absolute atomic E-state index is 12.7. The van der Waals surface area contributed by atoms with E-state index in [1.807, 2.05) is 0 Å². The molecule has 1 aromatic carbocycles. The van der Waals surface area contributed by atoms with Gasteiger partial charge < -0.3 is 10.6 Å². The Morgan fingerprint density at radius 2 is 2.06 bits per heavy atom. The van der Waals surface area contributed by atoms with Crippen LogP contribution in [0.15, 0.2) is 24.3 Å². The summed E-state index contributed by atoms with van der Waals surface area (Å²) < 4.78 is 12.7. The summed E-state index contributed by atoms with van der Waals surface area (Å²) in [7, 11) is 0. The highest BCUT2D eigenvalue weighted by molar-refractivity contribution is 5.79. The minimum atomic E-state index is -0.233. The van der Waals surface area contributed by atoms with Crippen LogP contribution in [0.1, 0.15) is 12.0 Å². The van der Waals surface area contributed by atoms with E-state index in [1.165, 1.54) is 12.1 Å². The molecule has 1 saturated heterocycles. The molecule has 2 N–H and O–H groups in total. The molecule has 2 rings (SSSR count). The van der Waals surface area contributed by atoms with Gasteiger partial charge in [0, 0.05) is 25.6 Å². The van der Waals surface area contributed by atoms with Crippen LogP contribution in [0, 0.1) is 5.82 Å². The van der Waals surface area contributed by atoms with Gasteiger partial charge in [-0.3, -0.25) is 4.79 Å². The summed E-state index contributed by atoms with van der Waals surface area (Å²) in [4.78, 5) is 13.2. The summed E-state index contributed by atoms with van der Waals surface area (Å²) in [6, 6.07) is 6.34. The number of nitrogens with two attached hydrogens (primary N) is 1. The van der Waals surface area contributed by atoms with Gasteiger partial charge in [0.2, 0.25) is 5.91 Å². The van der Waals surface area contributed by atoms with E-state index >= 15 is 0 Å². The highest BCUT2D eigenvalue weighted by atomic mass is 19.1. The highest BCUT2D eigenvalue weighted by Crippen LogP contribution is 2.11. The van der Waals surface area contributed by atoms with Gasteiger partial charge in [-0.2, -0.15) is 0 Å². The van der Waals surface area contributed by atoms with Gasteiger partial charge >= 0.3 is 0 Å². The average Bonchev–Trinajstić information content (AvgIpc) is 2.57. The molecule has 0 aliphatic carbocycles. The zero-order valence-electron chi connectivity index (χ0n) is 9.03. The Bertz CT molecular complexity index is 377. The summed E-state index contributed by atoms with van der Waals surface area (Å²) in [5.74, 6) is -0.113. The van der Waals surface area contributed by atoms with Gasteiger partial charge in [-0.05, 0) is 24.1 Å². The third-order valence-corrected chi connectivity index (χ3v) is 2.83. The van der Waals surface area contributed by atoms with E-state index in [9.17, 15) is 9.18 Å². The number of rotatable bonds is 3. The van der Waals surface area contributed by atoms with Crippen LogP contribution in [-0.2, 0) is 11.2 Å². The van der Waals surface area contributed by atoms with Crippen LogP contribution >= 0.6 is 0 Å². The fourth-order valence-corrected chi connectivity index (χ4v) is 1.93. The molecular weight excluding hydrogens is 207 g/mol. The molecule has 1 aliphatic heterocycles. The van der Waals surface area contributed by atoms with E-state index < -0.39 is 0 Å². The normalized spacial score (nSPS) is 20.5. The molecule has 1 amide bonds. The van der Waals surface area contributed by atoms with Crippen molar-refractivity contribution in [2.24, 2.45) is 5.73 Å². The first-order valence-corrected chi connectivity index (χ1v) is 5.43. The van der Waals surface area contributed by atoms with Crippen molar-refractivity contribution >= 4 is 5.91 Å². The van der Waals surface area contributed by atoms with Crippen molar-refractivity contribution in [2.45, 2.75) is 18.9 Å². The van der Waals surface area contributed by atoms with Gasteiger partial charge in [0.05, 0.1) is 0 Å². The molecule has 0 spiro atoms. The number of halogens is 1. The second-order valence-corrected chi connectivity index (χ2v) is 4.18. The zero-order valence-corrected chi connectivity index (χ0v) is 9.03. The molecule has 1 heterocycles. The van der Waals surface area contributed by atoms with Crippen LogP contribution in [0.4, 0.5) is 4.39 Å². The van der Waals surface area contributed by atoms with Gasteiger partial charge in [-0.25, -0.2) is 4.39 Å². The molecule has 4 heteroatoms. The molecule has 3 nitrogen and oxygen atoms in total. The standard InChI is InChI=1S/C12H15FN2O/c13-10-3-1-9(2-4-10)5-6-15-8-11(14)7-12(15)16/h1-4,11H,5-8,14H2. The second kappa shape index (κ2) is 4.61. The van der Waals surface area contributed by atoms with Crippen LogP contribution < -0.4 is 5.73 Å². The van der Waals surface area contributed by atoms with E-state index in [0.717, 1.165) is 12.0 Å². The topological polar surface area (TPSA) is 46.3 Å². The molecule has 16 heavy (non-hydrogen) atoms. The number of carbonyl (C=O) groups is 1. The first-order valence-electron chi connectivity index (χ1n) is 5.43. The minimum Gasteiger partial charge on any atom is -0.341 e. The van der Waals surface area contributed by atoms with Crippen molar-refractivity contribution in [3.05, 3.63) is 35.6 Å². The Kier molecular flexibility index (Phi) is 3.19. The van der Waals surface area contributed by atoms with Gasteiger partial charge in [0.1, 0.15) is 5.82 Å². The number of hydrogen-bond acceptors (Lipinski definition) is 2. The SMILES string of the molecule is NC1CC(=O)N(CCc2ccc(F)cc2)C1. The van der Waals surface area contributed by atoms with E-state index in [2.05, 4.69) is 0 Å². The van der Waals surface area contributed by atoms with Crippen molar-refractivity contribution in [1.29, 1.82) is 0 Å². The molecule has 1 aliphatic rings. The van der Waals surface area contributed by atoms with Crippen molar-refractivity contribution in [3.8, 4) is 0 Å². The van der Waals surface area contributed by atoms with E-state index in [4.69, 9.17) is 5.73 Å².